The Labute approximate surface area is 115 Å². The van der Waals surface area contributed by atoms with Crippen molar-refractivity contribution in [3.63, 3.8) is 0 Å². The zero-order valence-corrected chi connectivity index (χ0v) is 12.8. The average Bonchev–Trinajstić information content (AvgIpc) is 2.25. The Bertz CT molecular complexity index is 281. The number of hydrogen-bond donors (Lipinski definition) is 2. The number of carbonyl (C=O) groups is 1. The third-order valence-corrected chi connectivity index (χ3v) is 5.08. The topological polar surface area (TPSA) is 49.3 Å². The Morgan fingerprint density at radius 3 is 2.61 bits per heavy atom. The summed E-state index contributed by atoms with van der Waals surface area (Å²) in [6, 6.07) is 0.218. The highest BCUT2D eigenvalue weighted by Crippen LogP contribution is 2.36. The molecule has 3 nitrogen and oxygen atoms in total. The molecule has 0 saturated heterocycles. The lowest BCUT2D eigenvalue weighted by Gasteiger charge is -2.39. The SMILES string of the molecule is CC(C)CSC1CCCC(NC(C)C)(C(=O)O)C1. The number of rotatable bonds is 6. The van der Waals surface area contributed by atoms with Crippen molar-refractivity contribution in [3.05, 3.63) is 0 Å². The van der Waals surface area contributed by atoms with Crippen molar-refractivity contribution in [2.45, 2.75) is 70.2 Å². The van der Waals surface area contributed by atoms with E-state index in [9.17, 15) is 9.90 Å². The van der Waals surface area contributed by atoms with E-state index < -0.39 is 11.5 Å². The molecule has 0 aromatic heterocycles. The Morgan fingerprint density at radius 2 is 2.11 bits per heavy atom. The second-order valence-corrected chi connectivity index (χ2v) is 7.47. The van der Waals surface area contributed by atoms with Gasteiger partial charge in [-0.05, 0) is 51.2 Å². The van der Waals surface area contributed by atoms with Crippen molar-refractivity contribution in [3.8, 4) is 0 Å². The monoisotopic (exact) mass is 273 g/mol. The molecule has 1 rings (SSSR count). The van der Waals surface area contributed by atoms with Gasteiger partial charge >= 0.3 is 5.97 Å². The molecule has 0 aliphatic heterocycles. The summed E-state index contributed by atoms with van der Waals surface area (Å²) in [6.45, 7) is 8.48. The minimum Gasteiger partial charge on any atom is -0.480 e. The Balaban J connectivity index is 2.64. The maximum Gasteiger partial charge on any atom is 0.323 e. The second kappa shape index (κ2) is 6.80. The third-order valence-electron chi connectivity index (χ3n) is 3.35. The molecular weight excluding hydrogens is 246 g/mol. The molecule has 4 heteroatoms. The average molecular weight is 273 g/mol. The molecule has 1 aliphatic carbocycles. The van der Waals surface area contributed by atoms with E-state index in [2.05, 4.69) is 19.2 Å². The van der Waals surface area contributed by atoms with Crippen LogP contribution in [-0.4, -0.2) is 33.7 Å². The minimum atomic E-state index is -0.693. The molecule has 18 heavy (non-hydrogen) atoms. The zero-order chi connectivity index (χ0) is 13.8. The molecule has 0 radical (unpaired) electrons. The highest BCUT2D eigenvalue weighted by atomic mass is 32.2. The Kier molecular flexibility index (Phi) is 5.99. The summed E-state index contributed by atoms with van der Waals surface area (Å²) in [7, 11) is 0. The first kappa shape index (κ1) is 15.8. The zero-order valence-electron chi connectivity index (χ0n) is 12.0. The molecule has 2 unspecified atom stereocenters. The van der Waals surface area contributed by atoms with Crippen LogP contribution in [0.4, 0.5) is 0 Å². The molecular formula is C14H27NO2S. The molecule has 0 amide bonds. The first-order valence-electron chi connectivity index (χ1n) is 6.98. The van der Waals surface area contributed by atoms with E-state index in [1.807, 2.05) is 25.6 Å². The second-order valence-electron chi connectivity index (χ2n) is 6.13. The fourth-order valence-corrected chi connectivity index (χ4v) is 4.03. The predicted molar refractivity (Wildman–Crippen MR) is 78.2 cm³/mol. The van der Waals surface area contributed by atoms with Crippen molar-refractivity contribution < 1.29 is 9.90 Å². The van der Waals surface area contributed by atoms with Crippen LogP contribution in [0.15, 0.2) is 0 Å². The van der Waals surface area contributed by atoms with Crippen LogP contribution >= 0.6 is 11.8 Å². The predicted octanol–water partition coefficient (Wildman–Crippen LogP) is 3.14. The lowest BCUT2D eigenvalue weighted by atomic mass is 9.81. The number of nitrogens with one attached hydrogen (secondary N) is 1. The lowest BCUT2D eigenvalue weighted by molar-refractivity contribution is -0.146. The van der Waals surface area contributed by atoms with Gasteiger partial charge in [-0.1, -0.05) is 13.8 Å². The van der Waals surface area contributed by atoms with Crippen molar-refractivity contribution in [1.29, 1.82) is 0 Å². The smallest absolute Gasteiger partial charge is 0.323 e. The van der Waals surface area contributed by atoms with Crippen molar-refractivity contribution >= 4 is 17.7 Å². The first-order valence-corrected chi connectivity index (χ1v) is 8.03. The van der Waals surface area contributed by atoms with Gasteiger partial charge in [0.25, 0.3) is 0 Å². The van der Waals surface area contributed by atoms with Gasteiger partial charge in [0, 0.05) is 11.3 Å². The third kappa shape index (κ3) is 4.47. The Morgan fingerprint density at radius 1 is 1.44 bits per heavy atom. The van der Waals surface area contributed by atoms with E-state index in [-0.39, 0.29) is 6.04 Å². The van der Waals surface area contributed by atoms with Gasteiger partial charge in [-0.25, -0.2) is 0 Å². The Hall–Kier alpha value is -0.220. The molecule has 0 heterocycles. The van der Waals surface area contributed by atoms with Crippen LogP contribution in [0.25, 0.3) is 0 Å². The van der Waals surface area contributed by atoms with Gasteiger partial charge in [-0.3, -0.25) is 10.1 Å². The molecule has 1 fully saturated rings. The van der Waals surface area contributed by atoms with Crippen LogP contribution in [0.5, 0.6) is 0 Å². The molecule has 2 N–H and O–H groups in total. The fraction of sp³-hybridized carbons (Fsp3) is 0.929. The summed E-state index contributed by atoms with van der Waals surface area (Å²) in [5, 5.41) is 13.3. The first-order chi connectivity index (χ1) is 8.35. The molecule has 0 aromatic carbocycles. The summed E-state index contributed by atoms with van der Waals surface area (Å²) in [5.74, 6) is 1.13. The summed E-state index contributed by atoms with van der Waals surface area (Å²) < 4.78 is 0. The number of carboxylic acids is 1. The maximum atomic E-state index is 11.6. The number of aliphatic carboxylic acids is 1. The highest BCUT2D eigenvalue weighted by Gasteiger charge is 2.43. The molecule has 0 spiro atoms. The summed E-state index contributed by atoms with van der Waals surface area (Å²) in [4.78, 5) is 11.6. The fourth-order valence-electron chi connectivity index (χ4n) is 2.63. The van der Waals surface area contributed by atoms with Gasteiger partial charge in [-0.2, -0.15) is 11.8 Å². The largest absolute Gasteiger partial charge is 0.480 e. The van der Waals surface area contributed by atoms with Gasteiger partial charge in [0.1, 0.15) is 5.54 Å². The van der Waals surface area contributed by atoms with Crippen LogP contribution < -0.4 is 5.32 Å². The highest BCUT2D eigenvalue weighted by molar-refractivity contribution is 7.99. The van der Waals surface area contributed by atoms with Crippen molar-refractivity contribution in [2.75, 3.05) is 5.75 Å². The number of hydrogen-bond acceptors (Lipinski definition) is 3. The van der Waals surface area contributed by atoms with E-state index in [4.69, 9.17) is 0 Å². The minimum absolute atomic E-state index is 0.218. The van der Waals surface area contributed by atoms with Crippen molar-refractivity contribution in [1.82, 2.24) is 5.32 Å². The normalized spacial score (nSPS) is 28.9. The quantitative estimate of drug-likeness (QED) is 0.780. The van der Waals surface area contributed by atoms with E-state index in [0.29, 0.717) is 11.2 Å². The van der Waals surface area contributed by atoms with Gasteiger partial charge in [0.2, 0.25) is 0 Å². The van der Waals surface area contributed by atoms with Gasteiger partial charge in [-0.15, -0.1) is 0 Å². The summed E-state index contributed by atoms with van der Waals surface area (Å²) in [5.41, 5.74) is -0.693. The lowest BCUT2D eigenvalue weighted by Crippen LogP contribution is -2.57. The molecule has 2 atom stereocenters. The van der Waals surface area contributed by atoms with Crippen LogP contribution in [0, 0.1) is 5.92 Å². The molecule has 1 aliphatic rings. The maximum absolute atomic E-state index is 11.6. The van der Waals surface area contributed by atoms with Crippen LogP contribution in [0.2, 0.25) is 0 Å². The van der Waals surface area contributed by atoms with E-state index >= 15 is 0 Å². The molecule has 1 saturated carbocycles. The van der Waals surface area contributed by atoms with Crippen molar-refractivity contribution in [2.24, 2.45) is 5.92 Å². The molecule has 106 valence electrons. The molecule has 0 bridgehead atoms. The van der Waals surface area contributed by atoms with E-state index in [1.165, 1.54) is 0 Å². The number of thioether (sulfide) groups is 1. The van der Waals surface area contributed by atoms with Crippen LogP contribution in [0.3, 0.4) is 0 Å². The summed E-state index contributed by atoms with van der Waals surface area (Å²) >= 11 is 1.95. The molecule has 0 aromatic rings. The van der Waals surface area contributed by atoms with Crippen LogP contribution in [0.1, 0.15) is 53.4 Å². The number of carboxylic acid groups (broad SMARTS) is 1. The van der Waals surface area contributed by atoms with E-state index in [1.54, 1.807) is 0 Å². The summed E-state index contributed by atoms with van der Waals surface area (Å²) in [6.07, 6.45) is 3.70. The van der Waals surface area contributed by atoms with Gasteiger partial charge in [0.05, 0.1) is 0 Å². The van der Waals surface area contributed by atoms with E-state index in [0.717, 1.165) is 31.4 Å². The van der Waals surface area contributed by atoms with Crippen LogP contribution in [-0.2, 0) is 4.79 Å². The van der Waals surface area contributed by atoms with Gasteiger partial charge < -0.3 is 5.11 Å². The standard InChI is InChI=1S/C14H27NO2S/c1-10(2)9-18-12-6-5-7-14(8-12,13(16)17)15-11(3)4/h10-12,15H,5-9H2,1-4H3,(H,16,17). The van der Waals surface area contributed by atoms with Gasteiger partial charge in [0.15, 0.2) is 0 Å².